The van der Waals surface area contributed by atoms with E-state index in [1.54, 1.807) is 12.3 Å². The number of hydrogen-bond acceptors (Lipinski definition) is 6. The van der Waals surface area contributed by atoms with Crippen LogP contribution in [-0.2, 0) is 25.7 Å². The van der Waals surface area contributed by atoms with Gasteiger partial charge >= 0.3 is 6.18 Å². The summed E-state index contributed by atoms with van der Waals surface area (Å²) < 4.78 is 70.0. The molecule has 1 aromatic heterocycles. The van der Waals surface area contributed by atoms with E-state index in [9.17, 15) is 26.4 Å². The largest absolute Gasteiger partial charge is 0.416 e. The minimum Gasteiger partial charge on any atom is -0.383 e. The maximum atomic E-state index is 12.9. The average molecular weight is 437 g/mol. The quantitative estimate of drug-likeness (QED) is 0.686. The van der Waals surface area contributed by atoms with E-state index in [2.05, 4.69) is 10.3 Å². The first-order chi connectivity index (χ1) is 13.0. The van der Waals surface area contributed by atoms with Crippen molar-refractivity contribution in [2.24, 2.45) is 0 Å². The van der Waals surface area contributed by atoms with Crippen molar-refractivity contribution in [3.63, 3.8) is 0 Å². The number of carbonyl (C=O) groups is 1. The van der Waals surface area contributed by atoms with Gasteiger partial charge in [-0.15, -0.1) is 11.3 Å². The van der Waals surface area contributed by atoms with Crippen LogP contribution in [-0.4, -0.2) is 50.4 Å². The molecule has 0 saturated carbocycles. The number of amides is 1. The first-order valence-electron chi connectivity index (χ1n) is 7.92. The number of halogens is 3. The highest BCUT2D eigenvalue weighted by atomic mass is 32.2. The van der Waals surface area contributed by atoms with Crippen LogP contribution in [0.5, 0.6) is 0 Å². The van der Waals surface area contributed by atoms with Gasteiger partial charge in [-0.1, -0.05) is 6.07 Å². The molecule has 0 aliphatic rings. The Morgan fingerprint density at radius 2 is 2.07 bits per heavy atom. The zero-order chi connectivity index (χ0) is 20.9. The summed E-state index contributed by atoms with van der Waals surface area (Å²) in [6, 6.07) is 3.36. The number of nitrogens with one attached hydrogen (secondary N) is 1. The third kappa shape index (κ3) is 5.74. The normalized spacial score (nSPS) is 12.4. The maximum absolute atomic E-state index is 12.9. The highest BCUT2D eigenvalue weighted by molar-refractivity contribution is 7.89. The first-order valence-corrected chi connectivity index (χ1v) is 10.2. The monoisotopic (exact) mass is 437 g/mol. The molecule has 0 bridgehead atoms. The fraction of sp³-hybridized carbons (Fsp3) is 0.375. The molecular formula is C16H18F3N3O4S2. The van der Waals surface area contributed by atoms with Crippen LogP contribution in [0, 0.1) is 6.92 Å². The molecule has 1 amide bonds. The van der Waals surface area contributed by atoms with Gasteiger partial charge in [0.2, 0.25) is 15.9 Å². The van der Waals surface area contributed by atoms with Crippen LogP contribution in [0.3, 0.4) is 0 Å². The average Bonchev–Trinajstić information content (AvgIpc) is 3.02. The van der Waals surface area contributed by atoms with Crippen LogP contribution in [0.2, 0.25) is 0 Å². The van der Waals surface area contributed by atoms with Crippen molar-refractivity contribution in [2.45, 2.75) is 18.0 Å². The second-order valence-corrected chi connectivity index (χ2v) is 8.50. The number of hydrogen-bond donors (Lipinski definition) is 1. The fourth-order valence-electron chi connectivity index (χ4n) is 2.19. The molecule has 28 heavy (non-hydrogen) atoms. The predicted octanol–water partition coefficient (Wildman–Crippen LogP) is 2.75. The molecule has 0 unspecified atom stereocenters. The van der Waals surface area contributed by atoms with Gasteiger partial charge in [-0.05, 0) is 25.1 Å². The van der Waals surface area contributed by atoms with Crippen molar-refractivity contribution in [1.29, 1.82) is 0 Å². The number of carbonyl (C=O) groups excluding carboxylic acids is 1. The number of anilines is 1. The fourth-order valence-corrected chi connectivity index (χ4v) is 4.32. The molecule has 1 heterocycles. The minimum atomic E-state index is -4.69. The van der Waals surface area contributed by atoms with E-state index in [4.69, 9.17) is 4.74 Å². The second-order valence-electron chi connectivity index (χ2n) is 5.70. The number of methoxy groups -OCH3 is 1. The Labute approximate surface area is 164 Å². The standard InChI is InChI=1S/C16H18F3N3O4S2/c1-11-10-27-15(20-11)21-14(23)9-22(6-7-26-2)28(24,25)13-5-3-4-12(8-13)16(17,18)19/h3-5,8,10H,6-7,9H2,1-2H3,(H,20,21,23). The van der Waals surface area contributed by atoms with Crippen molar-refractivity contribution in [2.75, 3.05) is 32.1 Å². The minimum absolute atomic E-state index is 0.0398. The van der Waals surface area contributed by atoms with E-state index >= 15 is 0 Å². The van der Waals surface area contributed by atoms with Gasteiger partial charge in [-0.3, -0.25) is 4.79 Å². The lowest BCUT2D eigenvalue weighted by atomic mass is 10.2. The Kier molecular flexibility index (Phi) is 7.15. The molecule has 0 fully saturated rings. The second kappa shape index (κ2) is 8.99. The highest BCUT2D eigenvalue weighted by Gasteiger charge is 2.33. The molecule has 12 heteroatoms. The summed E-state index contributed by atoms with van der Waals surface area (Å²) in [5, 5.41) is 4.47. The van der Waals surface area contributed by atoms with E-state index in [1.165, 1.54) is 18.4 Å². The number of nitrogens with zero attached hydrogens (tertiary/aromatic N) is 2. The topological polar surface area (TPSA) is 88.6 Å². The molecule has 154 valence electrons. The van der Waals surface area contributed by atoms with E-state index in [0.29, 0.717) is 16.9 Å². The zero-order valence-corrected chi connectivity index (χ0v) is 16.6. The van der Waals surface area contributed by atoms with E-state index < -0.39 is 39.1 Å². The lowest BCUT2D eigenvalue weighted by Crippen LogP contribution is -2.40. The number of rotatable bonds is 8. The Morgan fingerprint density at radius 3 is 2.64 bits per heavy atom. The van der Waals surface area contributed by atoms with E-state index in [0.717, 1.165) is 22.5 Å². The van der Waals surface area contributed by atoms with Crippen LogP contribution in [0.25, 0.3) is 0 Å². The van der Waals surface area contributed by atoms with Crippen LogP contribution in [0.15, 0.2) is 34.5 Å². The van der Waals surface area contributed by atoms with Crippen LogP contribution in [0.4, 0.5) is 18.3 Å². The molecule has 0 saturated heterocycles. The lowest BCUT2D eigenvalue weighted by molar-refractivity contribution is -0.137. The van der Waals surface area contributed by atoms with Gasteiger partial charge in [0.05, 0.1) is 29.3 Å². The van der Waals surface area contributed by atoms with Crippen LogP contribution < -0.4 is 5.32 Å². The van der Waals surface area contributed by atoms with Crippen LogP contribution >= 0.6 is 11.3 Å². The summed E-state index contributed by atoms with van der Waals surface area (Å²) in [5.74, 6) is -0.666. The predicted molar refractivity (Wildman–Crippen MR) is 97.6 cm³/mol. The number of benzene rings is 1. The highest BCUT2D eigenvalue weighted by Crippen LogP contribution is 2.31. The van der Waals surface area contributed by atoms with Gasteiger partial charge in [0.15, 0.2) is 5.13 Å². The van der Waals surface area contributed by atoms with Crippen molar-refractivity contribution in [3.8, 4) is 0 Å². The zero-order valence-electron chi connectivity index (χ0n) is 15.0. The molecule has 0 radical (unpaired) electrons. The van der Waals surface area contributed by atoms with Gasteiger partial charge in [0.1, 0.15) is 0 Å². The number of sulfonamides is 1. The van der Waals surface area contributed by atoms with Gasteiger partial charge in [0.25, 0.3) is 0 Å². The van der Waals surface area contributed by atoms with Gasteiger partial charge in [0, 0.05) is 19.0 Å². The Morgan fingerprint density at radius 1 is 1.36 bits per heavy atom. The molecular weight excluding hydrogens is 419 g/mol. The summed E-state index contributed by atoms with van der Waals surface area (Å²) in [5.41, 5.74) is -0.406. The third-order valence-corrected chi connectivity index (χ3v) is 6.25. The molecule has 7 nitrogen and oxygen atoms in total. The van der Waals surface area contributed by atoms with Crippen molar-refractivity contribution in [1.82, 2.24) is 9.29 Å². The number of aromatic nitrogens is 1. The smallest absolute Gasteiger partial charge is 0.383 e. The molecule has 1 aromatic carbocycles. The van der Waals surface area contributed by atoms with Crippen molar-refractivity contribution >= 4 is 32.4 Å². The van der Waals surface area contributed by atoms with Gasteiger partial charge in [-0.25, -0.2) is 13.4 Å². The Balaban J connectivity index is 2.26. The molecule has 0 atom stereocenters. The summed E-state index contributed by atoms with van der Waals surface area (Å²) in [7, 11) is -3.02. The molecule has 1 N–H and O–H groups in total. The summed E-state index contributed by atoms with van der Waals surface area (Å²) in [4.78, 5) is 15.7. The maximum Gasteiger partial charge on any atom is 0.416 e. The van der Waals surface area contributed by atoms with Crippen molar-refractivity contribution < 1.29 is 31.1 Å². The Hall–Kier alpha value is -2.02. The first kappa shape index (κ1) is 22.3. The molecule has 2 aromatic rings. The lowest BCUT2D eigenvalue weighted by Gasteiger charge is -2.21. The summed E-state index contributed by atoms with van der Waals surface area (Å²) >= 11 is 1.17. The molecule has 0 aliphatic carbocycles. The van der Waals surface area contributed by atoms with Crippen molar-refractivity contribution in [3.05, 3.63) is 40.9 Å². The number of alkyl halides is 3. The van der Waals surface area contributed by atoms with E-state index in [1.807, 2.05) is 0 Å². The molecule has 0 spiro atoms. The van der Waals surface area contributed by atoms with E-state index in [-0.39, 0.29) is 13.2 Å². The molecule has 0 aliphatic heterocycles. The number of aryl methyl sites for hydroxylation is 1. The number of thiazole rings is 1. The Bertz CT molecular complexity index is 929. The van der Waals surface area contributed by atoms with Gasteiger partial charge < -0.3 is 10.1 Å². The summed E-state index contributed by atoms with van der Waals surface area (Å²) in [6.07, 6.45) is -4.69. The van der Waals surface area contributed by atoms with Gasteiger partial charge in [-0.2, -0.15) is 17.5 Å². The number of ether oxygens (including phenoxy) is 1. The molecule has 2 rings (SSSR count). The summed E-state index contributed by atoms with van der Waals surface area (Å²) in [6.45, 7) is 0.886. The third-order valence-electron chi connectivity index (χ3n) is 3.53. The van der Waals surface area contributed by atoms with Crippen LogP contribution in [0.1, 0.15) is 11.3 Å². The SMILES string of the molecule is COCCN(CC(=O)Nc1nc(C)cs1)S(=O)(=O)c1cccc(C(F)(F)F)c1.